The standard InChI is InChI=1S/C22H20FNO3/c1-26-21-12-7-17(13-20(21)23)14-24-22(25)18-8-10-19(11-9-18)27-15-16-5-3-2-4-6-16/h2-13H,14-15H2,1H3,(H,24,25). The van der Waals surface area contributed by atoms with Gasteiger partial charge in [0.1, 0.15) is 12.4 Å². The second kappa shape index (κ2) is 8.85. The number of hydrogen-bond donors (Lipinski definition) is 1. The fourth-order valence-electron chi connectivity index (χ4n) is 2.55. The third-order valence-electron chi connectivity index (χ3n) is 4.03. The van der Waals surface area contributed by atoms with Crippen LogP contribution in [0.15, 0.2) is 72.8 Å². The number of carbonyl (C=O) groups excluding carboxylic acids is 1. The molecule has 0 spiro atoms. The van der Waals surface area contributed by atoms with Gasteiger partial charge >= 0.3 is 0 Å². The first-order valence-corrected chi connectivity index (χ1v) is 8.53. The summed E-state index contributed by atoms with van der Waals surface area (Å²) in [5.74, 6) is 0.175. The van der Waals surface area contributed by atoms with Gasteiger partial charge < -0.3 is 14.8 Å². The molecule has 3 rings (SSSR count). The summed E-state index contributed by atoms with van der Waals surface area (Å²) in [7, 11) is 1.41. The van der Waals surface area contributed by atoms with Gasteiger partial charge in [0.2, 0.25) is 0 Å². The van der Waals surface area contributed by atoms with Crippen LogP contribution in [0.2, 0.25) is 0 Å². The van der Waals surface area contributed by atoms with E-state index in [4.69, 9.17) is 9.47 Å². The van der Waals surface area contributed by atoms with E-state index in [1.165, 1.54) is 19.2 Å². The molecule has 0 aliphatic rings. The molecule has 138 valence electrons. The highest BCUT2D eigenvalue weighted by Gasteiger charge is 2.08. The molecule has 0 saturated carbocycles. The largest absolute Gasteiger partial charge is 0.494 e. The topological polar surface area (TPSA) is 47.6 Å². The van der Waals surface area contributed by atoms with E-state index < -0.39 is 5.82 Å². The lowest BCUT2D eigenvalue weighted by atomic mass is 10.1. The van der Waals surface area contributed by atoms with Crippen molar-refractivity contribution in [3.05, 3.63) is 95.3 Å². The number of methoxy groups -OCH3 is 1. The normalized spacial score (nSPS) is 10.3. The molecule has 0 bridgehead atoms. The number of rotatable bonds is 7. The maximum absolute atomic E-state index is 13.7. The van der Waals surface area contributed by atoms with E-state index in [2.05, 4.69) is 5.32 Å². The van der Waals surface area contributed by atoms with Crippen LogP contribution in [0.5, 0.6) is 11.5 Å². The van der Waals surface area contributed by atoms with E-state index >= 15 is 0 Å². The molecule has 3 aromatic rings. The van der Waals surface area contributed by atoms with Gasteiger partial charge in [0.25, 0.3) is 5.91 Å². The van der Waals surface area contributed by atoms with Gasteiger partial charge in [-0.15, -0.1) is 0 Å². The van der Waals surface area contributed by atoms with Crippen LogP contribution in [-0.4, -0.2) is 13.0 Å². The molecular formula is C22H20FNO3. The number of ether oxygens (including phenoxy) is 2. The first kappa shape index (κ1) is 18.5. The van der Waals surface area contributed by atoms with Crippen molar-refractivity contribution < 1.29 is 18.7 Å². The second-order valence-electron chi connectivity index (χ2n) is 5.95. The molecule has 0 heterocycles. The van der Waals surface area contributed by atoms with Crippen LogP contribution in [0.1, 0.15) is 21.5 Å². The molecule has 0 radical (unpaired) electrons. The average Bonchev–Trinajstić information content (AvgIpc) is 2.72. The fraction of sp³-hybridized carbons (Fsp3) is 0.136. The number of carbonyl (C=O) groups is 1. The van der Waals surface area contributed by atoms with Gasteiger partial charge in [-0.2, -0.15) is 0 Å². The van der Waals surface area contributed by atoms with Gasteiger partial charge in [0, 0.05) is 12.1 Å². The lowest BCUT2D eigenvalue weighted by Gasteiger charge is -2.09. The van der Waals surface area contributed by atoms with Gasteiger partial charge in [-0.05, 0) is 47.5 Å². The van der Waals surface area contributed by atoms with Gasteiger partial charge in [-0.3, -0.25) is 4.79 Å². The van der Waals surface area contributed by atoms with Crippen molar-refractivity contribution in [1.29, 1.82) is 0 Å². The van der Waals surface area contributed by atoms with Gasteiger partial charge in [0.15, 0.2) is 11.6 Å². The van der Waals surface area contributed by atoms with Crippen molar-refractivity contribution >= 4 is 5.91 Å². The number of nitrogens with one attached hydrogen (secondary N) is 1. The quantitative estimate of drug-likeness (QED) is 0.677. The van der Waals surface area contributed by atoms with Crippen molar-refractivity contribution in [1.82, 2.24) is 5.32 Å². The molecule has 0 fully saturated rings. The SMILES string of the molecule is COc1ccc(CNC(=O)c2ccc(OCc3ccccc3)cc2)cc1F. The molecule has 0 saturated heterocycles. The molecule has 3 aromatic carbocycles. The molecule has 5 heteroatoms. The number of amides is 1. The predicted molar refractivity (Wildman–Crippen MR) is 101 cm³/mol. The van der Waals surface area contributed by atoms with Crippen LogP contribution >= 0.6 is 0 Å². The molecule has 0 unspecified atom stereocenters. The molecule has 0 atom stereocenters. The Morgan fingerprint density at radius 2 is 1.70 bits per heavy atom. The van der Waals surface area contributed by atoms with Crippen LogP contribution in [0, 0.1) is 5.82 Å². The number of hydrogen-bond acceptors (Lipinski definition) is 3. The van der Waals surface area contributed by atoms with Crippen molar-refractivity contribution in [2.24, 2.45) is 0 Å². The Labute approximate surface area is 157 Å². The summed E-state index contributed by atoms with van der Waals surface area (Å²) in [6, 6.07) is 21.4. The molecule has 1 N–H and O–H groups in total. The van der Waals surface area contributed by atoms with E-state index in [0.29, 0.717) is 23.5 Å². The minimum absolute atomic E-state index is 0.177. The Bertz CT molecular complexity index is 895. The summed E-state index contributed by atoms with van der Waals surface area (Å²) in [4.78, 5) is 12.2. The highest BCUT2D eigenvalue weighted by atomic mass is 19.1. The van der Waals surface area contributed by atoms with Crippen molar-refractivity contribution in [2.75, 3.05) is 7.11 Å². The summed E-state index contributed by atoms with van der Waals surface area (Å²) in [5.41, 5.74) is 2.24. The van der Waals surface area contributed by atoms with Crippen LogP contribution in [-0.2, 0) is 13.2 Å². The molecular weight excluding hydrogens is 345 g/mol. The third-order valence-corrected chi connectivity index (χ3v) is 4.03. The van der Waals surface area contributed by atoms with Gasteiger partial charge in [-0.25, -0.2) is 4.39 Å². The zero-order valence-electron chi connectivity index (χ0n) is 14.9. The lowest BCUT2D eigenvalue weighted by molar-refractivity contribution is 0.0951. The monoisotopic (exact) mass is 365 g/mol. The maximum atomic E-state index is 13.7. The Morgan fingerprint density at radius 1 is 0.963 bits per heavy atom. The van der Waals surface area contributed by atoms with Crippen LogP contribution in [0.25, 0.3) is 0 Å². The molecule has 1 amide bonds. The highest BCUT2D eigenvalue weighted by Crippen LogP contribution is 2.18. The molecule has 27 heavy (non-hydrogen) atoms. The van der Waals surface area contributed by atoms with Crippen molar-refractivity contribution in [3.63, 3.8) is 0 Å². The van der Waals surface area contributed by atoms with E-state index in [1.54, 1.807) is 30.3 Å². The van der Waals surface area contributed by atoms with Crippen molar-refractivity contribution in [2.45, 2.75) is 13.2 Å². The Hall–Kier alpha value is -3.34. The summed E-state index contributed by atoms with van der Waals surface area (Å²) < 4.78 is 24.3. The summed E-state index contributed by atoms with van der Waals surface area (Å²) in [6.45, 7) is 0.696. The molecule has 4 nitrogen and oxygen atoms in total. The number of halogens is 1. The van der Waals surface area contributed by atoms with Crippen molar-refractivity contribution in [3.8, 4) is 11.5 Å². The van der Waals surface area contributed by atoms with Crippen LogP contribution in [0.3, 0.4) is 0 Å². The number of benzene rings is 3. The summed E-state index contributed by atoms with van der Waals surface area (Å²) in [6.07, 6.45) is 0. The molecule has 0 aromatic heterocycles. The van der Waals surface area contributed by atoms with E-state index in [-0.39, 0.29) is 18.2 Å². The first-order chi connectivity index (χ1) is 13.2. The van der Waals surface area contributed by atoms with E-state index in [0.717, 1.165) is 5.56 Å². The molecule has 0 aliphatic heterocycles. The smallest absolute Gasteiger partial charge is 0.251 e. The fourth-order valence-corrected chi connectivity index (χ4v) is 2.55. The Balaban J connectivity index is 1.53. The zero-order valence-corrected chi connectivity index (χ0v) is 14.9. The minimum atomic E-state index is -0.454. The Kier molecular flexibility index (Phi) is 6.05. The van der Waals surface area contributed by atoms with Crippen LogP contribution in [0.4, 0.5) is 4.39 Å². The molecule has 0 aliphatic carbocycles. The second-order valence-corrected chi connectivity index (χ2v) is 5.95. The Morgan fingerprint density at radius 3 is 2.37 bits per heavy atom. The lowest BCUT2D eigenvalue weighted by Crippen LogP contribution is -2.22. The van der Waals surface area contributed by atoms with E-state index in [9.17, 15) is 9.18 Å². The van der Waals surface area contributed by atoms with Crippen LogP contribution < -0.4 is 14.8 Å². The predicted octanol–water partition coefficient (Wildman–Crippen LogP) is 4.34. The average molecular weight is 365 g/mol. The summed E-state index contributed by atoms with van der Waals surface area (Å²) >= 11 is 0. The van der Waals surface area contributed by atoms with E-state index in [1.807, 2.05) is 30.3 Å². The highest BCUT2D eigenvalue weighted by molar-refractivity contribution is 5.94. The maximum Gasteiger partial charge on any atom is 0.251 e. The van der Waals surface area contributed by atoms with Gasteiger partial charge in [0.05, 0.1) is 7.11 Å². The summed E-state index contributed by atoms with van der Waals surface area (Å²) in [5, 5.41) is 2.77. The third kappa shape index (κ3) is 5.07. The first-order valence-electron chi connectivity index (χ1n) is 8.53. The zero-order chi connectivity index (χ0) is 19.1. The van der Waals surface area contributed by atoms with Gasteiger partial charge in [-0.1, -0.05) is 36.4 Å². The minimum Gasteiger partial charge on any atom is -0.494 e.